The highest BCUT2D eigenvalue weighted by molar-refractivity contribution is 7.14. The summed E-state index contributed by atoms with van der Waals surface area (Å²) < 4.78 is 0. The van der Waals surface area contributed by atoms with Crippen LogP contribution in [0.15, 0.2) is 41.8 Å². The number of hydrogen-bond acceptors (Lipinski definition) is 4. The molecule has 28 heavy (non-hydrogen) atoms. The van der Waals surface area contributed by atoms with Crippen LogP contribution in [0.4, 0.5) is 5.13 Å². The van der Waals surface area contributed by atoms with Gasteiger partial charge in [-0.05, 0) is 67.8 Å². The molecule has 0 saturated heterocycles. The number of carbonyl (C=O) groups is 2. The molecule has 0 aliphatic rings. The van der Waals surface area contributed by atoms with Crippen molar-refractivity contribution in [2.24, 2.45) is 0 Å². The molecule has 0 aliphatic heterocycles. The summed E-state index contributed by atoms with van der Waals surface area (Å²) in [4.78, 5) is 30.5. The molecule has 1 heterocycles. The number of amides is 2. The fourth-order valence-corrected chi connectivity index (χ4v) is 3.59. The summed E-state index contributed by atoms with van der Waals surface area (Å²) in [5.74, 6) is -0.346. The van der Waals surface area contributed by atoms with Gasteiger partial charge in [0.05, 0.1) is 5.69 Å². The fraction of sp³-hybridized carbons (Fsp3) is 0.227. The fourth-order valence-electron chi connectivity index (χ4n) is 2.88. The standard InChI is InChI=1S/C22H23N3O2S/c1-13-10-15(3)18(11-14(13)2)19-12-28-22(23-19)24-20(26)16-6-8-17(9-7-16)21(27)25(4)5/h6-12H,1-5H3,(H,23,24,26). The summed E-state index contributed by atoms with van der Waals surface area (Å²) in [6, 6.07) is 10.9. The Morgan fingerprint density at radius 1 is 0.929 bits per heavy atom. The third-order valence-electron chi connectivity index (χ3n) is 4.64. The summed E-state index contributed by atoms with van der Waals surface area (Å²) in [5, 5.41) is 5.34. The highest BCUT2D eigenvalue weighted by Crippen LogP contribution is 2.29. The second-order valence-corrected chi connectivity index (χ2v) is 7.88. The molecule has 0 unspecified atom stereocenters. The molecule has 6 heteroatoms. The van der Waals surface area contributed by atoms with Crippen LogP contribution >= 0.6 is 11.3 Å². The largest absolute Gasteiger partial charge is 0.345 e. The number of nitrogens with one attached hydrogen (secondary N) is 1. The number of benzene rings is 2. The first kappa shape index (κ1) is 19.8. The van der Waals surface area contributed by atoms with E-state index in [1.165, 1.54) is 27.4 Å². The second kappa shape index (κ2) is 7.94. The molecule has 144 valence electrons. The van der Waals surface area contributed by atoms with Crippen LogP contribution in [0.1, 0.15) is 37.4 Å². The zero-order valence-electron chi connectivity index (χ0n) is 16.7. The number of rotatable bonds is 4. The van der Waals surface area contributed by atoms with Crippen molar-refractivity contribution in [2.75, 3.05) is 19.4 Å². The molecule has 5 nitrogen and oxygen atoms in total. The van der Waals surface area contributed by atoms with Crippen LogP contribution in [0.2, 0.25) is 0 Å². The number of carbonyl (C=O) groups excluding carboxylic acids is 2. The smallest absolute Gasteiger partial charge is 0.257 e. The van der Waals surface area contributed by atoms with Crippen LogP contribution < -0.4 is 5.32 Å². The van der Waals surface area contributed by atoms with Crippen molar-refractivity contribution in [3.05, 3.63) is 69.6 Å². The first-order chi connectivity index (χ1) is 13.3. The molecule has 0 spiro atoms. The Labute approximate surface area is 169 Å². The van der Waals surface area contributed by atoms with Gasteiger partial charge in [0.2, 0.25) is 0 Å². The molecule has 2 amide bonds. The van der Waals surface area contributed by atoms with Crippen LogP contribution in [0.5, 0.6) is 0 Å². The molecule has 0 bridgehead atoms. The van der Waals surface area contributed by atoms with E-state index in [1.807, 2.05) is 5.38 Å². The molecule has 0 fully saturated rings. The minimum absolute atomic E-state index is 0.0970. The highest BCUT2D eigenvalue weighted by Gasteiger charge is 2.13. The molecule has 2 aromatic carbocycles. The van der Waals surface area contributed by atoms with E-state index in [-0.39, 0.29) is 11.8 Å². The van der Waals surface area contributed by atoms with E-state index in [9.17, 15) is 9.59 Å². The molecule has 0 saturated carbocycles. The lowest BCUT2D eigenvalue weighted by atomic mass is 9.99. The van der Waals surface area contributed by atoms with Gasteiger partial charge >= 0.3 is 0 Å². The van der Waals surface area contributed by atoms with Crippen LogP contribution in [-0.2, 0) is 0 Å². The maximum atomic E-state index is 12.5. The lowest BCUT2D eigenvalue weighted by molar-refractivity contribution is 0.0827. The van der Waals surface area contributed by atoms with Crippen molar-refractivity contribution in [3.63, 3.8) is 0 Å². The van der Waals surface area contributed by atoms with E-state index in [2.05, 4.69) is 43.2 Å². The van der Waals surface area contributed by atoms with E-state index < -0.39 is 0 Å². The predicted octanol–water partition coefficient (Wildman–Crippen LogP) is 4.69. The number of anilines is 1. The van der Waals surface area contributed by atoms with Gasteiger partial charge in [-0.25, -0.2) is 4.98 Å². The molecular weight excluding hydrogens is 370 g/mol. The third-order valence-corrected chi connectivity index (χ3v) is 5.40. The van der Waals surface area contributed by atoms with Gasteiger partial charge in [0.25, 0.3) is 11.8 Å². The van der Waals surface area contributed by atoms with Crippen molar-refractivity contribution in [2.45, 2.75) is 20.8 Å². The number of aryl methyl sites for hydroxylation is 3. The molecule has 0 aliphatic carbocycles. The van der Waals surface area contributed by atoms with Gasteiger partial charge in [0.1, 0.15) is 0 Å². The Bertz CT molecular complexity index is 1040. The van der Waals surface area contributed by atoms with E-state index in [0.717, 1.165) is 16.8 Å². The van der Waals surface area contributed by atoms with Gasteiger partial charge in [-0.3, -0.25) is 14.9 Å². The van der Waals surface area contributed by atoms with Gasteiger partial charge < -0.3 is 4.90 Å². The average molecular weight is 394 g/mol. The maximum absolute atomic E-state index is 12.5. The third kappa shape index (κ3) is 4.12. The normalized spacial score (nSPS) is 10.6. The zero-order chi connectivity index (χ0) is 20.4. The molecule has 0 radical (unpaired) electrons. The quantitative estimate of drug-likeness (QED) is 0.699. The molecular formula is C22H23N3O2S. The van der Waals surface area contributed by atoms with E-state index >= 15 is 0 Å². The first-order valence-electron chi connectivity index (χ1n) is 8.93. The molecule has 3 aromatic rings. The van der Waals surface area contributed by atoms with Gasteiger partial charge in [0.15, 0.2) is 5.13 Å². The van der Waals surface area contributed by atoms with Crippen molar-refractivity contribution < 1.29 is 9.59 Å². The minimum atomic E-state index is -0.249. The van der Waals surface area contributed by atoms with Crippen molar-refractivity contribution in [3.8, 4) is 11.3 Å². The van der Waals surface area contributed by atoms with Gasteiger partial charge in [-0.1, -0.05) is 6.07 Å². The van der Waals surface area contributed by atoms with Crippen LogP contribution in [0, 0.1) is 20.8 Å². The first-order valence-corrected chi connectivity index (χ1v) is 9.81. The van der Waals surface area contributed by atoms with Crippen LogP contribution in [0.3, 0.4) is 0 Å². The Balaban J connectivity index is 1.76. The summed E-state index contributed by atoms with van der Waals surface area (Å²) in [6.45, 7) is 6.24. The second-order valence-electron chi connectivity index (χ2n) is 7.02. The SMILES string of the molecule is Cc1cc(C)c(-c2csc(NC(=O)c3ccc(C(=O)N(C)C)cc3)n2)cc1C. The van der Waals surface area contributed by atoms with Crippen molar-refractivity contribution in [1.29, 1.82) is 0 Å². The van der Waals surface area contributed by atoms with Crippen molar-refractivity contribution >= 4 is 28.3 Å². The zero-order valence-corrected chi connectivity index (χ0v) is 17.5. The number of thiazole rings is 1. The summed E-state index contributed by atoms with van der Waals surface area (Å²) in [5.41, 5.74) is 6.58. The minimum Gasteiger partial charge on any atom is -0.345 e. The Kier molecular flexibility index (Phi) is 5.61. The van der Waals surface area contributed by atoms with Gasteiger partial charge in [0, 0.05) is 36.2 Å². The molecule has 1 aromatic heterocycles. The summed E-state index contributed by atoms with van der Waals surface area (Å²) in [7, 11) is 3.39. The van der Waals surface area contributed by atoms with E-state index in [0.29, 0.717) is 16.3 Å². The lowest BCUT2D eigenvalue weighted by Gasteiger charge is -2.10. The van der Waals surface area contributed by atoms with E-state index in [1.54, 1.807) is 38.4 Å². The Morgan fingerprint density at radius 2 is 1.54 bits per heavy atom. The molecule has 3 rings (SSSR count). The summed E-state index contributed by atoms with van der Waals surface area (Å²) >= 11 is 1.39. The lowest BCUT2D eigenvalue weighted by Crippen LogP contribution is -2.21. The molecule has 0 atom stereocenters. The predicted molar refractivity (Wildman–Crippen MR) is 114 cm³/mol. The summed E-state index contributed by atoms with van der Waals surface area (Å²) in [6.07, 6.45) is 0. The van der Waals surface area contributed by atoms with E-state index in [4.69, 9.17) is 0 Å². The highest BCUT2D eigenvalue weighted by atomic mass is 32.1. The Morgan fingerprint density at radius 3 is 2.18 bits per heavy atom. The topological polar surface area (TPSA) is 62.3 Å². The number of aromatic nitrogens is 1. The van der Waals surface area contributed by atoms with Gasteiger partial charge in [-0.15, -0.1) is 11.3 Å². The average Bonchev–Trinajstić information content (AvgIpc) is 3.12. The van der Waals surface area contributed by atoms with Crippen LogP contribution in [0.25, 0.3) is 11.3 Å². The number of hydrogen-bond donors (Lipinski definition) is 1. The number of nitrogens with zero attached hydrogens (tertiary/aromatic N) is 2. The maximum Gasteiger partial charge on any atom is 0.257 e. The van der Waals surface area contributed by atoms with Crippen molar-refractivity contribution in [1.82, 2.24) is 9.88 Å². The Hall–Kier alpha value is -2.99. The molecule has 1 N–H and O–H groups in total. The van der Waals surface area contributed by atoms with Gasteiger partial charge in [-0.2, -0.15) is 0 Å². The van der Waals surface area contributed by atoms with Crippen LogP contribution in [-0.4, -0.2) is 35.8 Å². The monoisotopic (exact) mass is 393 g/mol.